The van der Waals surface area contributed by atoms with Crippen molar-refractivity contribution < 1.29 is 14.6 Å². The normalized spacial score (nSPS) is 10.6. The number of aromatic nitrogens is 3. The predicted molar refractivity (Wildman–Crippen MR) is 80.7 cm³/mol. The second-order valence-electron chi connectivity index (χ2n) is 4.37. The van der Waals surface area contributed by atoms with Gasteiger partial charge in [0.2, 0.25) is 0 Å². The zero-order valence-corrected chi connectivity index (χ0v) is 12.8. The first kappa shape index (κ1) is 15.4. The molecule has 2 rings (SSSR count). The Labute approximate surface area is 127 Å². The Bertz CT molecular complexity index is 628. The molecule has 0 bridgehead atoms. The van der Waals surface area contributed by atoms with Gasteiger partial charge in [-0.3, -0.25) is 4.79 Å². The highest BCUT2D eigenvalue weighted by Crippen LogP contribution is 2.26. The third-order valence-electron chi connectivity index (χ3n) is 2.82. The molecule has 1 heterocycles. The number of carbonyl (C=O) groups is 1. The van der Waals surface area contributed by atoms with Gasteiger partial charge in [-0.15, -0.1) is 10.2 Å². The molecule has 21 heavy (non-hydrogen) atoms. The minimum atomic E-state index is -0.867. The summed E-state index contributed by atoms with van der Waals surface area (Å²) in [6, 6.07) is 7.58. The van der Waals surface area contributed by atoms with E-state index in [1.807, 2.05) is 28.8 Å². The molecule has 0 saturated carbocycles. The Balaban J connectivity index is 2.35. The summed E-state index contributed by atoms with van der Waals surface area (Å²) in [6.07, 6.45) is 0.912. The van der Waals surface area contributed by atoms with Gasteiger partial charge in [0.1, 0.15) is 5.75 Å². The Kier molecular flexibility index (Phi) is 5.21. The number of thioether (sulfide) groups is 1. The van der Waals surface area contributed by atoms with Crippen molar-refractivity contribution in [2.45, 2.75) is 25.0 Å². The minimum Gasteiger partial charge on any atom is -0.497 e. The molecular weight excluding hydrogens is 290 g/mol. The average Bonchev–Trinajstić information content (AvgIpc) is 2.88. The van der Waals surface area contributed by atoms with Crippen LogP contribution >= 0.6 is 11.8 Å². The number of rotatable bonds is 7. The Morgan fingerprint density at radius 2 is 2.24 bits per heavy atom. The monoisotopic (exact) mass is 307 g/mol. The molecule has 0 fully saturated rings. The van der Waals surface area contributed by atoms with Crippen LogP contribution in [-0.2, 0) is 11.3 Å². The number of carboxylic acid groups (broad SMARTS) is 1. The number of methoxy groups -OCH3 is 1. The predicted octanol–water partition coefficient (Wildman–Crippen LogP) is 2.54. The van der Waals surface area contributed by atoms with E-state index in [0.717, 1.165) is 30.1 Å². The van der Waals surface area contributed by atoms with Crippen molar-refractivity contribution in [2.75, 3.05) is 12.9 Å². The molecule has 0 aliphatic heterocycles. The molecule has 0 radical (unpaired) electrons. The zero-order valence-electron chi connectivity index (χ0n) is 11.9. The lowest BCUT2D eigenvalue weighted by atomic mass is 10.2. The van der Waals surface area contributed by atoms with Gasteiger partial charge in [0, 0.05) is 12.1 Å². The van der Waals surface area contributed by atoms with Gasteiger partial charge in [-0.2, -0.15) is 0 Å². The van der Waals surface area contributed by atoms with E-state index < -0.39 is 5.97 Å². The standard InChI is InChI=1S/C14H17N3O3S/c1-3-7-17-13(10-5-4-6-11(8-10)20-2)15-16-14(17)21-9-12(18)19/h4-6,8H,3,7,9H2,1-2H3,(H,18,19). The third kappa shape index (κ3) is 3.75. The van der Waals surface area contributed by atoms with E-state index in [0.29, 0.717) is 5.16 Å². The molecular formula is C14H17N3O3S. The number of benzene rings is 1. The molecule has 0 atom stereocenters. The number of ether oxygens (including phenoxy) is 1. The summed E-state index contributed by atoms with van der Waals surface area (Å²) in [6.45, 7) is 2.79. The van der Waals surface area contributed by atoms with E-state index in [9.17, 15) is 4.79 Å². The van der Waals surface area contributed by atoms with E-state index in [1.165, 1.54) is 11.8 Å². The van der Waals surface area contributed by atoms with Crippen LogP contribution in [0.3, 0.4) is 0 Å². The highest BCUT2D eigenvalue weighted by Gasteiger charge is 2.15. The van der Waals surface area contributed by atoms with Crippen LogP contribution in [0.25, 0.3) is 11.4 Å². The van der Waals surface area contributed by atoms with Gasteiger partial charge in [-0.25, -0.2) is 0 Å². The van der Waals surface area contributed by atoms with Crippen LogP contribution in [0, 0.1) is 0 Å². The molecule has 0 aliphatic rings. The summed E-state index contributed by atoms with van der Waals surface area (Å²) in [5.41, 5.74) is 0.900. The maximum atomic E-state index is 10.7. The van der Waals surface area contributed by atoms with Crippen molar-refractivity contribution in [2.24, 2.45) is 0 Å². The lowest BCUT2D eigenvalue weighted by molar-refractivity contribution is -0.133. The Morgan fingerprint density at radius 3 is 2.90 bits per heavy atom. The summed E-state index contributed by atoms with van der Waals surface area (Å²) >= 11 is 1.18. The van der Waals surface area contributed by atoms with Gasteiger partial charge in [-0.1, -0.05) is 30.8 Å². The first-order valence-electron chi connectivity index (χ1n) is 6.58. The van der Waals surface area contributed by atoms with E-state index in [1.54, 1.807) is 7.11 Å². The number of hydrogen-bond acceptors (Lipinski definition) is 5. The lowest BCUT2D eigenvalue weighted by Gasteiger charge is -2.09. The topological polar surface area (TPSA) is 77.2 Å². The Hall–Kier alpha value is -2.02. The van der Waals surface area contributed by atoms with Gasteiger partial charge in [0.25, 0.3) is 0 Å². The maximum absolute atomic E-state index is 10.7. The minimum absolute atomic E-state index is 0.0278. The van der Waals surface area contributed by atoms with Gasteiger partial charge in [0.15, 0.2) is 11.0 Å². The van der Waals surface area contributed by atoms with Crippen LogP contribution in [0.1, 0.15) is 13.3 Å². The number of carboxylic acids is 1. The smallest absolute Gasteiger partial charge is 0.313 e. The molecule has 112 valence electrons. The van der Waals surface area contributed by atoms with Crippen molar-refractivity contribution in [3.05, 3.63) is 24.3 Å². The lowest BCUT2D eigenvalue weighted by Crippen LogP contribution is -2.04. The molecule has 7 heteroatoms. The molecule has 1 aromatic carbocycles. The molecule has 0 amide bonds. The number of aliphatic carboxylic acids is 1. The van der Waals surface area contributed by atoms with Crippen molar-refractivity contribution >= 4 is 17.7 Å². The van der Waals surface area contributed by atoms with E-state index in [4.69, 9.17) is 9.84 Å². The van der Waals surface area contributed by atoms with Gasteiger partial charge < -0.3 is 14.4 Å². The highest BCUT2D eigenvalue weighted by atomic mass is 32.2. The molecule has 2 aromatic rings. The molecule has 0 saturated heterocycles. The fourth-order valence-electron chi connectivity index (χ4n) is 1.92. The van der Waals surface area contributed by atoms with E-state index in [-0.39, 0.29) is 5.75 Å². The van der Waals surface area contributed by atoms with E-state index in [2.05, 4.69) is 17.1 Å². The van der Waals surface area contributed by atoms with Crippen molar-refractivity contribution in [3.63, 3.8) is 0 Å². The molecule has 0 spiro atoms. The number of nitrogens with zero attached hydrogens (tertiary/aromatic N) is 3. The van der Waals surface area contributed by atoms with Crippen LogP contribution < -0.4 is 4.74 Å². The SMILES string of the molecule is CCCn1c(SCC(=O)O)nnc1-c1cccc(OC)c1. The van der Waals surface area contributed by atoms with Crippen LogP contribution in [0.2, 0.25) is 0 Å². The van der Waals surface area contributed by atoms with Crippen LogP contribution in [0.4, 0.5) is 0 Å². The average molecular weight is 307 g/mol. The summed E-state index contributed by atoms with van der Waals surface area (Å²) in [5.74, 6) is 0.580. The summed E-state index contributed by atoms with van der Waals surface area (Å²) in [7, 11) is 1.62. The van der Waals surface area contributed by atoms with Crippen LogP contribution in [-0.4, -0.2) is 38.7 Å². The Morgan fingerprint density at radius 1 is 1.43 bits per heavy atom. The van der Waals surface area contributed by atoms with Gasteiger partial charge in [0.05, 0.1) is 12.9 Å². The quantitative estimate of drug-likeness (QED) is 0.792. The first-order chi connectivity index (χ1) is 10.2. The molecule has 0 aliphatic carbocycles. The van der Waals surface area contributed by atoms with Crippen molar-refractivity contribution in [1.82, 2.24) is 14.8 Å². The highest BCUT2D eigenvalue weighted by molar-refractivity contribution is 7.99. The molecule has 1 aromatic heterocycles. The summed E-state index contributed by atoms with van der Waals surface area (Å²) in [5, 5.41) is 17.7. The first-order valence-corrected chi connectivity index (χ1v) is 7.56. The van der Waals surface area contributed by atoms with E-state index >= 15 is 0 Å². The van der Waals surface area contributed by atoms with Crippen LogP contribution in [0.15, 0.2) is 29.4 Å². The van der Waals surface area contributed by atoms with Gasteiger partial charge in [-0.05, 0) is 18.6 Å². The summed E-state index contributed by atoms with van der Waals surface area (Å²) < 4.78 is 7.17. The molecule has 0 unspecified atom stereocenters. The zero-order chi connectivity index (χ0) is 15.2. The molecule has 1 N–H and O–H groups in total. The van der Waals surface area contributed by atoms with Crippen molar-refractivity contribution in [1.29, 1.82) is 0 Å². The fourth-order valence-corrected chi connectivity index (χ4v) is 2.61. The summed E-state index contributed by atoms with van der Waals surface area (Å²) in [4.78, 5) is 10.7. The third-order valence-corrected chi connectivity index (χ3v) is 3.77. The largest absolute Gasteiger partial charge is 0.497 e. The van der Waals surface area contributed by atoms with Gasteiger partial charge >= 0.3 is 5.97 Å². The molecule has 6 nitrogen and oxygen atoms in total. The fraction of sp³-hybridized carbons (Fsp3) is 0.357. The maximum Gasteiger partial charge on any atom is 0.313 e. The van der Waals surface area contributed by atoms with Crippen LogP contribution in [0.5, 0.6) is 5.75 Å². The number of hydrogen-bond donors (Lipinski definition) is 1. The van der Waals surface area contributed by atoms with Crippen molar-refractivity contribution in [3.8, 4) is 17.1 Å². The second kappa shape index (κ2) is 7.12. The second-order valence-corrected chi connectivity index (χ2v) is 5.31.